The number of hydrogen-bond donors (Lipinski definition) is 3. The molecule has 1 aliphatic rings. The molecule has 6 nitrogen and oxygen atoms in total. The first-order chi connectivity index (χ1) is 9.65. The summed E-state index contributed by atoms with van der Waals surface area (Å²) in [6, 6.07) is -0.250. The van der Waals surface area contributed by atoms with E-state index in [1.165, 1.54) is 24.2 Å². The van der Waals surface area contributed by atoms with Gasteiger partial charge in [0, 0.05) is 24.3 Å². The summed E-state index contributed by atoms with van der Waals surface area (Å²) in [5, 5.41) is 16.6. The minimum Gasteiger partial charge on any atom is -0.481 e. The minimum atomic E-state index is -0.772. The van der Waals surface area contributed by atoms with Crippen LogP contribution in [0.5, 0.6) is 0 Å². The number of carboxylic acid groups (broad SMARTS) is 1. The van der Waals surface area contributed by atoms with Crippen LogP contribution in [-0.4, -0.2) is 28.6 Å². The summed E-state index contributed by atoms with van der Waals surface area (Å²) >= 11 is 1.45. The van der Waals surface area contributed by atoms with Crippen molar-refractivity contribution in [3.8, 4) is 0 Å². The Hall–Kier alpha value is -1.63. The molecule has 2 rings (SSSR count). The summed E-state index contributed by atoms with van der Waals surface area (Å²) in [4.78, 5) is 26.3. The standard InChI is InChI=1S/C13H19N3O3S/c17-11(18)4-2-1-3-7-14-12(19)16-13-15-10(8-20-13)9-5-6-9/h8-9H,1-7H2,(H,17,18)(H2,14,15,16,19). The summed E-state index contributed by atoms with van der Waals surface area (Å²) in [6.45, 7) is 0.548. The average Bonchev–Trinajstić information content (AvgIpc) is 3.14. The van der Waals surface area contributed by atoms with Gasteiger partial charge in [0.2, 0.25) is 0 Å². The van der Waals surface area contributed by atoms with E-state index in [2.05, 4.69) is 15.6 Å². The van der Waals surface area contributed by atoms with Gasteiger partial charge in [-0.1, -0.05) is 6.42 Å². The SMILES string of the molecule is O=C(O)CCCCCNC(=O)Nc1nc(C2CC2)cs1. The Labute approximate surface area is 121 Å². The number of nitrogens with one attached hydrogen (secondary N) is 2. The topological polar surface area (TPSA) is 91.3 Å². The van der Waals surface area contributed by atoms with E-state index in [1.807, 2.05) is 5.38 Å². The fraction of sp³-hybridized carbons (Fsp3) is 0.615. The Morgan fingerprint density at radius 2 is 2.15 bits per heavy atom. The largest absolute Gasteiger partial charge is 0.481 e. The maximum atomic E-state index is 11.6. The van der Waals surface area contributed by atoms with Gasteiger partial charge in [-0.2, -0.15) is 0 Å². The molecule has 0 radical (unpaired) electrons. The Bertz CT molecular complexity index is 471. The van der Waals surface area contributed by atoms with Gasteiger partial charge in [0.1, 0.15) is 0 Å². The number of urea groups is 1. The third-order valence-corrected chi connectivity index (χ3v) is 3.87. The number of hydrogen-bond acceptors (Lipinski definition) is 4. The number of nitrogens with zero attached hydrogens (tertiary/aromatic N) is 1. The normalized spacial score (nSPS) is 14.0. The van der Waals surface area contributed by atoms with Crippen LogP contribution in [0, 0.1) is 0 Å². The maximum absolute atomic E-state index is 11.6. The maximum Gasteiger partial charge on any atom is 0.321 e. The number of aliphatic carboxylic acids is 1. The van der Waals surface area contributed by atoms with Gasteiger partial charge in [-0.05, 0) is 25.7 Å². The van der Waals surface area contributed by atoms with Crippen LogP contribution in [0.15, 0.2) is 5.38 Å². The molecule has 0 aliphatic heterocycles. The number of carbonyl (C=O) groups excluding carboxylic acids is 1. The van der Waals surface area contributed by atoms with Crippen LogP contribution in [0.4, 0.5) is 9.93 Å². The number of amides is 2. The Morgan fingerprint density at radius 1 is 1.35 bits per heavy atom. The molecule has 20 heavy (non-hydrogen) atoms. The molecular formula is C13H19N3O3S. The summed E-state index contributed by atoms with van der Waals surface area (Å²) in [5.41, 5.74) is 1.08. The monoisotopic (exact) mass is 297 g/mol. The van der Waals surface area contributed by atoms with Crippen molar-refractivity contribution in [2.45, 2.75) is 44.4 Å². The predicted octanol–water partition coefficient (Wildman–Crippen LogP) is 2.79. The summed E-state index contributed by atoms with van der Waals surface area (Å²) in [6.07, 6.45) is 4.82. The quantitative estimate of drug-likeness (QED) is 0.643. The second-order valence-corrected chi connectivity index (χ2v) is 5.80. The molecule has 1 fully saturated rings. The number of carboxylic acids is 1. The number of thiazole rings is 1. The van der Waals surface area contributed by atoms with Gasteiger partial charge >= 0.3 is 12.0 Å². The second kappa shape index (κ2) is 7.23. The summed E-state index contributed by atoms with van der Waals surface area (Å²) < 4.78 is 0. The van der Waals surface area contributed by atoms with E-state index in [-0.39, 0.29) is 12.5 Å². The smallest absolute Gasteiger partial charge is 0.321 e. The highest BCUT2D eigenvalue weighted by Crippen LogP contribution is 2.40. The van der Waals surface area contributed by atoms with Crippen molar-refractivity contribution in [3.05, 3.63) is 11.1 Å². The van der Waals surface area contributed by atoms with Crippen LogP contribution in [0.2, 0.25) is 0 Å². The molecule has 1 heterocycles. The van der Waals surface area contributed by atoms with Crippen molar-refractivity contribution < 1.29 is 14.7 Å². The highest BCUT2D eigenvalue weighted by atomic mass is 32.1. The third-order valence-electron chi connectivity index (χ3n) is 3.09. The fourth-order valence-corrected chi connectivity index (χ4v) is 2.62. The molecule has 0 atom stereocenters. The molecular weight excluding hydrogens is 278 g/mol. The van der Waals surface area contributed by atoms with Crippen molar-refractivity contribution in [2.24, 2.45) is 0 Å². The van der Waals surface area contributed by atoms with Crippen molar-refractivity contribution in [2.75, 3.05) is 11.9 Å². The Balaban J connectivity index is 1.56. The number of carbonyl (C=O) groups is 2. The van der Waals surface area contributed by atoms with Crippen LogP contribution in [0.3, 0.4) is 0 Å². The fourth-order valence-electron chi connectivity index (χ4n) is 1.83. The molecule has 1 aromatic heterocycles. The zero-order valence-electron chi connectivity index (χ0n) is 11.2. The van der Waals surface area contributed by atoms with Gasteiger partial charge in [0.05, 0.1) is 5.69 Å². The molecule has 2 amide bonds. The van der Waals surface area contributed by atoms with Gasteiger partial charge in [0.15, 0.2) is 5.13 Å². The average molecular weight is 297 g/mol. The lowest BCUT2D eigenvalue weighted by atomic mass is 10.2. The highest BCUT2D eigenvalue weighted by Gasteiger charge is 2.26. The van der Waals surface area contributed by atoms with Crippen LogP contribution in [-0.2, 0) is 4.79 Å². The van der Waals surface area contributed by atoms with E-state index in [0.29, 0.717) is 24.0 Å². The van der Waals surface area contributed by atoms with Crippen LogP contribution < -0.4 is 10.6 Å². The van der Waals surface area contributed by atoms with E-state index in [0.717, 1.165) is 18.5 Å². The number of rotatable bonds is 8. The van der Waals surface area contributed by atoms with E-state index < -0.39 is 5.97 Å². The Kier molecular flexibility index (Phi) is 5.34. The van der Waals surface area contributed by atoms with Crippen LogP contribution in [0.25, 0.3) is 0 Å². The summed E-state index contributed by atoms with van der Waals surface area (Å²) in [7, 11) is 0. The van der Waals surface area contributed by atoms with Gasteiger partial charge in [-0.25, -0.2) is 9.78 Å². The molecule has 0 bridgehead atoms. The lowest BCUT2D eigenvalue weighted by Gasteiger charge is -2.04. The van der Waals surface area contributed by atoms with Crippen molar-refractivity contribution in [1.82, 2.24) is 10.3 Å². The Morgan fingerprint density at radius 3 is 2.85 bits per heavy atom. The van der Waals surface area contributed by atoms with Gasteiger partial charge in [0.25, 0.3) is 0 Å². The second-order valence-electron chi connectivity index (χ2n) is 4.94. The van der Waals surface area contributed by atoms with E-state index >= 15 is 0 Å². The lowest BCUT2D eigenvalue weighted by Crippen LogP contribution is -2.29. The highest BCUT2D eigenvalue weighted by molar-refractivity contribution is 7.13. The minimum absolute atomic E-state index is 0.190. The molecule has 0 saturated heterocycles. The van der Waals surface area contributed by atoms with Crippen molar-refractivity contribution in [3.63, 3.8) is 0 Å². The molecule has 0 spiro atoms. The van der Waals surface area contributed by atoms with Crippen LogP contribution >= 0.6 is 11.3 Å². The van der Waals surface area contributed by atoms with E-state index in [1.54, 1.807) is 0 Å². The molecule has 0 aromatic carbocycles. The van der Waals surface area contributed by atoms with E-state index in [4.69, 9.17) is 5.11 Å². The third kappa shape index (κ3) is 5.16. The van der Waals surface area contributed by atoms with Gasteiger partial charge < -0.3 is 10.4 Å². The predicted molar refractivity (Wildman–Crippen MR) is 77.2 cm³/mol. The first-order valence-electron chi connectivity index (χ1n) is 6.87. The van der Waals surface area contributed by atoms with Crippen molar-refractivity contribution >= 4 is 28.5 Å². The molecule has 0 unspecified atom stereocenters. The van der Waals surface area contributed by atoms with Gasteiger partial charge in [-0.3, -0.25) is 10.1 Å². The molecule has 110 valence electrons. The zero-order valence-corrected chi connectivity index (χ0v) is 12.0. The molecule has 1 aromatic rings. The van der Waals surface area contributed by atoms with E-state index in [9.17, 15) is 9.59 Å². The molecule has 7 heteroatoms. The molecule has 1 aliphatic carbocycles. The number of anilines is 1. The molecule has 3 N–H and O–H groups in total. The number of unbranched alkanes of at least 4 members (excludes halogenated alkanes) is 2. The lowest BCUT2D eigenvalue weighted by molar-refractivity contribution is -0.137. The molecule has 1 saturated carbocycles. The van der Waals surface area contributed by atoms with Crippen molar-refractivity contribution in [1.29, 1.82) is 0 Å². The van der Waals surface area contributed by atoms with Gasteiger partial charge in [-0.15, -0.1) is 11.3 Å². The van der Waals surface area contributed by atoms with Crippen LogP contribution in [0.1, 0.15) is 50.1 Å². The first-order valence-corrected chi connectivity index (χ1v) is 7.75. The first kappa shape index (κ1) is 14.8. The summed E-state index contributed by atoms with van der Waals surface area (Å²) in [5.74, 6) is -0.176. The zero-order chi connectivity index (χ0) is 14.4. The number of aromatic nitrogens is 1.